The Balaban J connectivity index is 2.31. The molecule has 104 valence electrons. The Hall–Kier alpha value is -2.06. The molecular formula is C18H20O2. The van der Waals surface area contributed by atoms with Crippen molar-refractivity contribution in [3.8, 4) is 5.75 Å². The summed E-state index contributed by atoms with van der Waals surface area (Å²) in [6.45, 7) is 1.95. The van der Waals surface area contributed by atoms with Crippen LogP contribution in [0.2, 0.25) is 0 Å². The Bertz CT molecular complexity index is 573. The van der Waals surface area contributed by atoms with Crippen LogP contribution in [0, 0.1) is 0 Å². The summed E-state index contributed by atoms with van der Waals surface area (Å²) in [4.78, 5) is 0. The van der Waals surface area contributed by atoms with Crippen LogP contribution in [-0.4, -0.2) is 16.3 Å². The fourth-order valence-corrected chi connectivity index (χ4v) is 2.17. The van der Waals surface area contributed by atoms with E-state index >= 15 is 0 Å². The lowest BCUT2D eigenvalue weighted by Crippen LogP contribution is -2.11. The molecule has 2 aromatic carbocycles. The number of aromatic hydroxyl groups is 1. The van der Waals surface area contributed by atoms with Gasteiger partial charge in [-0.15, -0.1) is 0 Å². The van der Waals surface area contributed by atoms with Crippen LogP contribution in [0.1, 0.15) is 24.5 Å². The molecule has 0 spiro atoms. The minimum absolute atomic E-state index is 0.237. The number of hydrogen-bond donors (Lipinski definition) is 2. The van der Waals surface area contributed by atoms with Crippen LogP contribution in [0.4, 0.5) is 0 Å². The normalized spacial score (nSPS) is 13.2. The van der Waals surface area contributed by atoms with Crippen molar-refractivity contribution in [3.05, 3.63) is 71.3 Å². The van der Waals surface area contributed by atoms with Gasteiger partial charge in [-0.25, -0.2) is 0 Å². The van der Waals surface area contributed by atoms with Crippen molar-refractivity contribution in [1.82, 2.24) is 0 Å². The van der Waals surface area contributed by atoms with Gasteiger partial charge in [-0.3, -0.25) is 0 Å². The monoisotopic (exact) mass is 268 g/mol. The summed E-state index contributed by atoms with van der Waals surface area (Å²) in [6.07, 6.45) is 2.74. The Labute approximate surface area is 120 Å². The van der Waals surface area contributed by atoms with Gasteiger partial charge in [-0.05, 0) is 36.1 Å². The highest BCUT2D eigenvalue weighted by molar-refractivity contribution is 5.60. The molecule has 0 heterocycles. The van der Waals surface area contributed by atoms with Crippen molar-refractivity contribution in [2.45, 2.75) is 25.9 Å². The van der Waals surface area contributed by atoms with Gasteiger partial charge in [-0.2, -0.15) is 0 Å². The van der Waals surface area contributed by atoms with Gasteiger partial charge in [0.2, 0.25) is 0 Å². The van der Waals surface area contributed by atoms with E-state index in [1.54, 1.807) is 12.1 Å². The lowest BCUT2D eigenvalue weighted by atomic mass is 9.96. The van der Waals surface area contributed by atoms with Gasteiger partial charge >= 0.3 is 0 Å². The SMILES string of the molecule is CCC(O)/C(=C\c1ccccc1O)Cc1ccccc1. The molecule has 0 amide bonds. The standard InChI is InChI=1S/C18H20O2/c1-2-17(19)16(12-14-8-4-3-5-9-14)13-15-10-6-7-11-18(15)20/h3-11,13,17,19-20H,2,12H2,1H3/b16-13-. The summed E-state index contributed by atoms with van der Waals surface area (Å²) < 4.78 is 0. The molecule has 20 heavy (non-hydrogen) atoms. The summed E-state index contributed by atoms with van der Waals surface area (Å²) in [5.41, 5.74) is 2.81. The van der Waals surface area contributed by atoms with Crippen molar-refractivity contribution in [1.29, 1.82) is 0 Å². The van der Waals surface area contributed by atoms with E-state index in [1.807, 2.05) is 55.5 Å². The molecule has 1 unspecified atom stereocenters. The number of para-hydroxylation sites is 1. The number of aliphatic hydroxyl groups excluding tert-OH is 1. The highest BCUT2D eigenvalue weighted by Crippen LogP contribution is 2.23. The Morgan fingerprint density at radius 1 is 1.05 bits per heavy atom. The van der Waals surface area contributed by atoms with Crippen molar-refractivity contribution < 1.29 is 10.2 Å². The Kier molecular flexibility index (Phi) is 4.97. The van der Waals surface area contributed by atoms with E-state index in [0.717, 1.165) is 16.7 Å². The molecule has 0 aliphatic rings. The maximum absolute atomic E-state index is 10.2. The molecule has 2 rings (SSSR count). The second-order valence-electron chi connectivity index (χ2n) is 4.86. The van der Waals surface area contributed by atoms with E-state index in [4.69, 9.17) is 0 Å². The first-order valence-corrected chi connectivity index (χ1v) is 6.91. The van der Waals surface area contributed by atoms with Crippen molar-refractivity contribution >= 4 is 6.08 Å². The smallest absolute Gasteiger partial charge is 0.122 e. The summed E-state index contributed by atoms with van der Waals surface area (Å²) in [6, 6.07) is 17.2. The van der Waals surface area contributed by atoms with Crippen molar-refractivity contribution in [2.75, 3.05) is 0 Å². The summed E-state index contributed by atoms with van der Waals surface area (Å²) in [5.74, 6) is 0.237. The Morgan fingerprint density at radius 2 is 1.70 bits per heavy atom. The maximum atomic E-state index is 10.2. The number of rotatable bonds is 5. The van der Waals surface area contributed by atoms with E-state index < -0.39 is 6.10 Å². The Morgan fingerprint density at radius 3 is 2.35 bits per heavy atom. The first-order chi connectivity index (χ1) is 9.70. The number of phenolic OH excluding ortho intramolecular Hbond substituents is 1. The summed E-state index contributed by atoms with van der Waals surface area (Å²) >= 11 is 0. The first-order valence-electron chi connectivity index (χ1n) is 6.91. The second-order valence-corrected chi connectivity index (χ2v) is 4.86. The number of phenols is 1. The van der Waals surface area contributed by atoms with Crippen LogP contribution in [-0.2, 0) is 6.42 Å². The molecule has 2 heteroatoms. The third-order valence-electron chi connectivity index (χ3n) is 3.34. The van der Waals surface area contributed by atoms with Crippen LogP contribution in [0.15, 0.2) is 60.2 Å². The molecule has 0 aliphatic heterocycles. The average Bonchev–Trinajstić information content (AvgIpc) is 2.49. The topological polar surface area (TPSA) is 40.5 Å². The third kappa shape index (κ3) is 3.72. The molecule has 2 N–H and O–H groups in total. The number of benzene rings is 2. The van der Waals surface area contributed by atoms with Gasteiger partial charge in [0.05, 0.1) is 6.10 Å². The largest absolute Gasteiger partial charge is 0.507 e. The molecule has 0 radical (unpaired) electrons. The van der Waals surface area contributed by atoms with Crippen LogP contribution in [0.5, 0.6) is 5.75 Å². The maximum Gasteiger partial charge on any atom is 0.122 e. The van der Waals surface area contributed by atoms with E-state index in [-0.39, 0.29) is 5.75 Å². The van der Waals surface area contributed by atoms with E-state index in [1.165, 1.54) is 0 Å². The van der Waals surface area contributed by atoms with Gasteiger partial charge in [-0.1, -0.05) is 55.5 Å². The predicted octanol–water partition coefficient (Wildman–Crippen LogP) is 3.79. The summed E-state index contributed by atoms with van der Waals surface area (Å²) in [5, 5.41) is 20.0. The average molecular weight is 268 g/mol. The molecule has 0 aromatic heterocycles. The van der Waals surface area contributed by atoms with E-state index in [2.05, 4.69) is 0 Å². The zero-order valence-corrected chi connectivity index (χ0v) is 11.7. The van der Waals surface area contributed by atoms with Gasteiger partial charge in [0, 0.05) is 5.56 Å². The molecule has 0 fully saturated rings. The van der Waals surface area contributed by atoms with Crippen molar-refractivity contribution in [3.63, 3.8) is 0 Å². The lowest BCUT2D eigenvalue weighted by molar-refractivity contribution is 0.205. The molecule has 0 aliphatic carbocycles. The molecule has 0 bridgehead atoms. The minimum Gasteiger partial charge on any atom is -0.507 e. The zero-order valence-electron chi connectivity index (χ0n) is 11.7. The fraction of sp³-hybridized carbons (Fsp3) is 0.222. The van der Waals surface area contributed by atoms with Gasteiger partial charge in [0.25, 0.3) is 0 Å². The predicted molar refractivity (Wildman–Crippen MR) is 82.5 cm³/mol. The molecule has 1 atom stereocenters. The number of hydrogen-bond acceptors (Lipinski definition) is 2. The lowest BCUT2D eigenvalue weighted by Gasteiger charge is -2.14. The van der Waals surface area contributed by atoms with Gasteiger partial charge in [0.1, 0.15) is 5.75 Å². The van der Waals surface area contributed by atoms with Crippen LogP contribution in [0.3, 0.4) is 0 Å². The van der Waals surface area contributed by atoms with Gasteiger partial charge in [0.15, 0.2) is 0 Å². The van der Waals surface area contributed by atoms with Gasteiger partial charge < -0.3 is 10.2 Å². The summed E-state index contributed by atoms with van der Waals surface area (Å²) in [7, 11) is 0. The molecule has 2 nitrogen and oxygen atoms in total. The van der Waals surface area contributed by atoms with E-state index in [0.29, 0.717) is 12.8 Å². The third-order valence-corrected chi connectivity index (χ3v) is 3.34. The quantitative estimate of drug-likeness (QED) is 0.866. The van der Waals surface area contributed by atoms with Crippen molar-refractivity contribution in [2.24, 2.45) is 0 Å². The van der Waals surface area contributed by atoms with Crippen LogP contribution < -0.4 is 0 Å². The highest BCUT2D eigenvalue weighted by atomic mass is 16.3. The fourth-order valence-electron chi connectivity index (χ4n) is 2.17. The van der Waals surface area contributed by atoms with Crippen LogP contribution >= 0.6 is 0 Å². The van der Waals surface area contributed by atoms with Crippen LogP contribution in [0.25, 0.3) is 6.08 Å². The first kappa shape index (κ1) is 14.4. The highest BCUT2D eigenvalue weighted by Gasteiger charge is 2.10. The molecule has 2 aromatic rings. The number of aliphatic hydroxyl groups is 1. The second kappa shape index (κ2) is 6.92. The van der Waals surface area contributed by atoms with E-state index in [9.17, 15) is 10.2 Å². The zero-order chi connectivity index (χ0) is 14.4. The molecule has 0 saturated carbocycles. The minimum atomic E-state index is -0.491. The molecular weight excluding hydrogens is 248 g/mol. The molecule has 0 saturated heterocycles.